The minimum atomic E-state index is -0.192. The van der Waals surface area contributed by atoms with Crippen molar-refractivity contribution in [2.75, 3.05) is 23.7 Å². The molecule has 10 heteroatoms. The molecule has 2 bridgehead atoms. The molecule has 0 saturated carbocycles. The number of hydrogen-bond donors (Lipinski definition) is 3. The zero-order valence-electron chi connectivity index (χ0n) is 20.5. The molecule has 2 fully saturated rings. The van der Waals surface area contributed by atoms with Crippen LogP contribution in [0.2, 0.25) is 0 Å². The third-order valence-corrected chi connectivity index (χ3v) is 6.87. The summed E-state index contributed by atoms with van der Waals surface area (Å²) in [6.45, 7) is 4.48. The lowest BCUT2D eigenvalue weighted by atomic mass is 10.1. The zero-order valence-corrected chi connectivity index (χ0v) is 20.5. The fourth-order valence-electron chi connectivity index (χ4n) is 5.07. The fourth-order valence-corrected chi connectivity index (χ4v) is 5.07. The summed E-state index contributed by atoms with van der Waals surface area (Å²) in [6, 6.07) is 15.3. The maximum absolute atomic E-state index is 14.7. The molecule has 9 nitrogen and oxygen atoms in total. The number of rotatable bonds is 7. The lowest BCUT2D eigenvalue weighted by Crippen LogP contribution is -2.51. The van der Waals surface area contributed by atoms with E-state index in [0.29, 0.717) is 53.3 Å². The van der Waals surface area contributed by atoms with Crippen molar-refractivity contribution in [1.29, 1.82) is 0 Å². The van der Waals surface area contributed by atoms with Gasteiger partial charge in [0.25, 0.3) is 0 Å². The van der Waals surface area contributed by atoms with Gasteiger partial charge in [0.2, 0.25) is 5.95 Å². The molecule has 37 heavy (non-hydrogen) atoms. The van der Waals surface area contributed by atoms with Gasteiger partial charge in [0.05, 0.1) is 0 Å². The average Bonchev–Trinajstić information content (AvgIpc) is 3.11. The van der Waals surface area contributed by atoms with Crippen molar-refractivity contribution >= 4 is 23.3 Å². The first kappa shape index (κ1) is 23.4. The molecule has 6 rings (SSSR count). The standard InChI is InChI=1S/C27H28FN9/c1-17-3-2-4-23(32-17)26-30-11-9-24(35-26)34-25-10-12-31-27(36-25)33-19-5-8-22(28)18(13-19)16-37-20-6-7-21(37)15-29-14-20/h2-5,8-13,20-21,29H,6-7,14-16H2,1H3,(H2,30,31,33,34,35,36). The van der Waals surface area contributed by atoms with Gasteiger partial charge in [-0.1, -0.05) is 6.07 Å². The fraction of sp³-hybridized carbons (Fsp3) is 0.296. The normalized spacial score (nSPS) is 19.1. The molecule has 2 unspecified atom stereocenters. The summed E-state index contributed by atoms with van der Waals surface area (Å²) in [4.78, 5) is 24.7. The van der Waals surface area contributed by atoms with Gasteiger partial charge in [-0.3, -0.25) is 4.90 Å². The predicted molar refractivity (Wildman–Crippen MR) is 140 cm³/mol. The Morgan fingerprint density at radius 3 is 2.51 bits per heavy atom. The lowest BCUT2D eigenvalue weighted by Gasteiger charge is -2.35. The molecule has 1 aromatic carbocycles. The third-order valence-electron chi connectivity index (χ3n) is 6.87. The number of pyridine rings is 1. The number of aromatic nitrogens is 5. The Morgan fingerprint density at radius 2 is 1.70 bits per heavy atom. The molecule has 4 aromatic rings. The van der Waals surface area contributed by atoms with Crippen molar-refractivity contribution in [3.63, 3.8) is 0 Å². The molecule has 0 spiro atoms. The number of halogens is 1. The largest absolute Gasteiger partial charge is 0.325 e. The predicted octanol–water partition coefficient (Wildman–Crippen LogP) is 4.20. The van der Waals surface area contributed by atoms with Crippen LogP contribution in [0.3, 0.4) is 0 Å². The Bertz CT molecular complexity index is 1400. The van der Waals surface area contributed by atoms with Crippen LogP contribution in [0.1, 0.15) is 24.1 Å². The van der Waals surface area contributed by atoms with Crippen molar-refractivity contribution in [3.05, 3.63) is 78.0 Å². The first-order valence-electron chi connectivity index (χ1n) is 12.5. The number of benzene rings is 1. The highest BCUT2D eigenvalue weighted by atomic mass is 19.1. The number of aryl methyl sites for hydroxylation is 1. The van der Waals surface area contributed by atoms with Crippen molar-refractivity contribution in [2.24, 2.45) is 0 Å². The number of anilines is 4. The molecule has 2 aliphatic heterocycles. The van der Waals surface area contributed by atoms with Gasteiger partial charge in [0.1, 0.15) is 23.1 Å². The zero-order chi connectivity index (χ0) is 25.2. The number of nitrogens with one attached hydrogen (secondary N) is 3. The Balaban J connectivity index is 1.16. The van der Waals surface area contributed by atoms with Gasteiger partial charge in [-0.15, -0.1) is 0 Å². The van der Waals surface area contributed by atoms with Crippen LogP contribution in [-0.2, 0) is 6.54 Å². The molecule has 0 radical (unpaired) electrons. The highest BCUT2D eigenvalue weighted by Crippen LogP contribution is 2.30. The summed E-state index contributed by atoms with van der Waals surface area (Å²) in [7, 11) is 0. The van der Waals surface area contributed by atoms with Crippen LogP contribution in [0.5, 0.6) is 0 Å². The van der Waals surface area contributed by atoms with E-state index in [1.165, 1.54) is 18.9 Å². The van der Waals surface area contributed by atoms with Crippen LogP contribution in [0, 0.1) is 12.7 Å². The van der Waals surface area contributed by atoms with Gasteiger partial charge in [-0.05, 0) is 62.2 Å². The van der Waals surface area contributed by atoms with E-state index >= 15 is 0 Å². The topological polar surface area (TPSA) is 104 Å². The second-order valence-corrected chi connectivity index (χ2v) is 9.47. The van der Waals surface area contributed by atoms with Crippen molar-refractivity contribution in [1.82, 2.24) is 35.1 Å². The maximum Gasteiger partial charge on any atom is 0.229 e. The van der Waals surface area contributed by atoms with Crippen molar-refractivity contribution in [3.8, 4) is 11.5 Å². The highest BCUT2D eigenvalue weighted by molar-refractivity contribution is 5.60. The van der Waals surface area contributed by atoms with E-state index in [9.17, 15) is 4.39 Å². The Hall–Kier alpha value is -4.02. The maximum atomic E-state index is 14.7. The summed E-state index contributed by atoms with van der Waals surface area (Å²) in [5.74, 6) is 1.89. The first-order chi connectivity index (χ1) is 18.1. The molecular weight excluding hydrogens is 469 g/mol. The third kappa shape index (κ3) is 5.25. The summed E-state index contributed by atoms with van der Waals surface area (Å²) < 4.78 is 14.7. The van der Waals surface area contributed by atoms with E-state index in [2.05, 4.69) is 45.8 Å². The van der Waals surface area contributed by atoms with Gasteiger partial charge in [0.15, 0.2) is 5.82 Å². The molecule has 3 N–H and O–H groups in total. The second-order valence-electron chi connectivity index (χ2n) is 9.47. The van der Waals surface area contributed by atoms with Gasteiger partial charge in [-0.25, -0.2) is 24.3 Å². The van der Waals surface area contributed by atoms with Gasteiger partial charge >= 0.3 is 0 Å². The molecule has 0 aliphatic carbocycles. The van der Waals surface area contributed by atoms with E-state index in [4.69, 9.17) is 0 Å². The monoisotopic (exact) mass is 497 g/mol. The summed E-state index contributed by atoms with van der Waals surface area (Å²) in [5, 5.41) is 9.89. The van der Waals surface area contributed by atoms with Gasteiger partial charge in [-0.2, -0.15) is 4.98 Å². The number of nitrogens with zero attached hydrogens (tertiary/aromatic N) is 6. The molecule has 2 saturated heterocycles. The molecule has 5 heterocycles. The molecule has 0 amide bonds. The SMILES string of the molecule is Cc1cccc(-c2nccc(Nc3ccnc(Nc4ccc(F)c(CN5C6CCC5CNC6)c4)n3)n2)n1. The van der Waals surface area contributed by atoms with E-state index in [1.807, 2.05) is 31.2 Å². The van der Waals surface area contributed by atoms with Crippen molar-refractivity contribution in [2.45, 2.75) is 38.4 Å². The van der Waals surface area contributed by atoms with Gasteiger partial charge in [0, 0.05) is 61.1 Å². The van der Waals surface area contributed by atoms with E-state index in [1.54, 1.807) is 30.6 Å². The highest BCUT2D eigenvalue weighted by Gasteiger charge is 2.36. The Labute approximate surface area is 214 Å². The molecule has 2 atom stereocenters. The van der Waals surface area contributed by atoms with E-state index in [-0.39, 0.29) is 5.82 Å². The van der Waals surface area contributed by atoms with Gasteiger partial charge < -0.3 is 16.0 Å². The smallest absolute Gasteiger partial charge is 0.229 e. The molecule has 188 valence electrons. The number of hydrogen-bond acceptors (Lipinski definition) is 9. The quantitative estimate of drug-likeness (QED) is 0.347. The Morgan fingerprint density at radius 1 is 0.919 bits per heavy atom. The number of piperazine rings is 1. The first-order valence-corrected chi connectivity index (χ1v) is 12.5. The lowest BCUT2D eigenvalue weighted by molar-refractivity contribution is 0.143. The van der Waals surface area contributed by atoms with Crippen LogP contribution >= 0.6 is 0 Å². The molecule has 2 aliphatic rings. The summed E-state index contributed by atoms with van der Waals surface area (Å²) in [5.41, 5.74) is 3.02. The molecular formula is C27H28FN9. The minimum absolute atomic E-state index is 0.192. The van der Waals surface area contributed by atoms with E-state index in [0.717, 1.165) is 24.5 Å². The van der Waals surface area contributed by atoms with Crippen LogP contribution in [0.4, 0.5) is 27.7 Å². The van der Waals surface area contributed by atoms with E-state index < -0.39 is 0 Å². The number of fused-ring (bicyclic) bond motifs is 2. The summed E-state index contributed by atoms with van der Waals surface area (Å²) >= 11 is 0. The van der Waals surface area contributed by atoms with Crippen LogP contribution in [0.15, 0.2) is 60.9 Å². The molecule has 3 aromatic heterocycles. The van der Waals surface area contributed by atoms with Crippen LogP contribution in [-0.4, -0.2) is 55.0 Å². The van der Waals surface area contributed by atoms with Crippen LogP contribution in [0.25, 0.3) is 11.5 Å². The summed E-state index contributed by atoms with van der Waals surface area (Å²) in [6.07, 6.45) is 5.67. The Kier molecular flexibility index (Phi) is 6.42. The average molecular weight is 498 g/mol. The van der Waals surface area contributed by atoms with Crippen molar-refractivity contribution < 1.29 is 4.39 Å². The minimum Gasteiger partial charge on any atom is -0.325 e. The second kappa shape index (κ2) is 10.2. The van der Waals surface area contributed by atoms with Crippen LogP contribution < -0.4 is 16.0 Å².